The van der Waals surface area contributed by atoms with Gasteiger partial charge in [-0.05, 0) is 29.3 Å². The van der Waals surface area contributed by atoms with Crippen molar-refractivity contribution in [3.63, 3.8) is 0 Å². The van der Waals surface area contributed by atoms with Crippen LogP contribution in [0.5, 0.6) is 5.75 Å². The maximum atomic E-state index is 11.0. The number of carboxylic acids is 1. The Labute approximate surface area is 122 Å². The number of carboxylic acid groups (broad SMARTS) is 1. The summed E-state index contributed by atoms with van der Waals surface area (Å²) in [6.07, 6.45) is 2.67. The lowest BCUT2D eigenvalue weighted by Gasteiger charge is -2.09. The molecule has 0 aliphatic rings. The van der Waals surface area contributed by atoms with Crippen molar-refractivity contribution in [3.05, 3.63) is 65.4 Å². The minimum atomic E-state index is -0.952. The lowest BCUT2D eigenvalue weighted by atomic mass is 10.0. The number of ether oxygens (including phenoxy) is 1. The zero-order valence-electron chi connectivity index (χ0n) is 11.6. The Hall–Kier alpha value is -2.75. The summed E-state index contributed by atoms with van der Waals surface area (Å²) in [5.41, 5.74) is 3.45. The third-order valence-corrected chi connectivity index (χ3v) is 3.59. The van der Waals surface area contributed by atoms with E-state index in [4.69, 9.17) is 9.84 Å². The van der Waals surface area contributed by atoms with E-state index in [0.717, 1.165) is 16.6 Å². The Kier molecular flexibility index (Phi) is 3.36. The maximum absolute atomic E-state index is 11.0. The fourth-order valence-electron chi connectivity index (χ4n) is 2.51. The molecule has 21 heavy (non-hydrogen) atoms. The molecule has 0 amide bonds. The number of methoxy groups -OCH3 is 1. The molecule has 0 spiro atoms. The minimum absolute atomic E-state index is 0.231. The van der Waals surface area contributed by atoms with Crippen LogP contribution in [-0.4, -0.2) is 23.2 Å². The van der Waals surface area contributed by atoms with Crippen molar-refractivity contribution < 1.29 is 14.6 Å². The van der Waals surface area contributed by atoms with Gasteiger partial charge in [-0.25, -0.2) is 4.79 Å². The van der Waals surface area contributed by atoms with E-state index < -0.39 is 5.97 Å². The molecule has 0 radical (unpaired) electrons. The fourth-order valence-corrected chi connectivity index (χ4v) is 2.51. The second-order valence-corrected chi connectivity index (χ2v) is 4.87. The maximum Gasteiger partial charge on any atom is 0.335 e. The molecule has 0 aliphatic carbocycles. The molecular weight excluding hydrogens is 266 g/mol. The van der Waals surface area contributed by atoms with Crippen molar-refractivity contribution in [3.8, 4) is 5.75 Å². The van der Waals surface area contributed by atoms with Gasteiger partial charge in [0.2, 0.25) is 0 Å². The van der Waals surface area contributed by atoms with Gasteiger partial charge in [-0.1, -0.05) is 24.3 Å². The highest BCUT2D eigenvalue weighted by atomic mass is 16.5. The third kappa shape index (κ3) is 2.48. The molecule has 0 aliphatic heterocycles. The summed E-state index contributed by atoms with van der Waals surface area (Å²) < 4.78 is 5.32. The normalized spacial score (nSPS) is 10.7. The molecule has 0 saturated heterocycles. The summed E-state index contributed by atoms with van der Waals surface area (Å²) in [7, 11) is 1.56. The number of carbonyl (C=O) groups is 1. The van der Waals surface area contributed by atoms with Crippen molar-refractivity contribution in [2.24, 2.45) is 0 Å². The van der Waals surface area contributed by atoms with E-state index in [1.807, 2.05) is 30.5 Å². The molecule has 3 aromatic rings. The van der Waals surface area contributed by atoms with Crippen molar-refractivity contribution in [1.82, 2.24) is 4.98 Å². The Morgan fingerprint density at radius 2 is 2.00 bits per heavy atom. The molecule has 1 heterocycles. The first-order valence-corrected chi connectivity index (χ1v) is 6.64. The van der Waals surface area contributed by atoms with Crippen LogP contribution in [0.3, 0.4) is 0 Å². The van der Waals surface area contributed by atoms with Gasteiger partial charge in [0.1, 0.15) is 5.75 Å². The predicted octanol–water partition coefficient (Wildman–Crippen LogP) is 3.47. The van der Waals surface area contributed by atoms with Crippen molar-refractivity contribution in [2.45, 2.75) is 6.42 Å². The number of benzene rings is 2. The highest BCUT2D eigenvalue weighted by Crippen LogP contribution is 2.26. The van der Waals surface area contributed by atoms with Crippen LogP contribution in [0.15, 0.2) is 48.7 Å². The number of aromatic amines is 1. The van der Waals surface area contributed by atoms with E-state index in [2.05, 4.69) is 11.1 Å². The Morgan fingerprint density at radius 1 is 1.19 bits per heavy atom. The molecule has 4 nitrogen and oxygen atoms in total. The zero-order chi connectivity index (χ0) is 14.8. The number of hydrogen-bond donors (Lipinski definition) is 2. The molecule has 0 fully saturated rings. The summed E-state index contributed by atoms with van der Waals surface area (Å²) in [6.45, 7) is 0. The Balaban J connectivity index is 1.99. The van der Waals surface area contributed by atoms with E-state index in [9.17, 15) is 4.79 Å². The largest absolute Gasteiger partial charge is 0.496 e. The van der Waals surface area contributed by atoms with Gasteiger partial charge < -0.3 is 14.8 Å². The molecule has 1 aromatic heterocycles. The molecule has 0 atom stereocenters. The van der Waals surface area contributed by atoms with E-state index in [1.54, 1.807) is 19.2 Å². The van der Waals surface area contributed by atoms with Crippen LogP contribution in [0.1, 0.15) is 21.5 Å². The first-order valence-electron chi connectivity index (χ1n) is 6.64. The van der Waals surface area contributed by atoms with Gasteiger partial charge in [0, 0.05) is 23.5 Å². The number of hydrogen-bond acceptors (Lipinski definition) is 2. The summed E-state index contributed by atoms with van der Waals surface area (Å²) in [5, 5.41) is 10.2. The van der Waals surface area contributed by atoms with Gasteiger partial charge in [0.15, 0.2) is 0 Å². The van der Waals surface area contributed by atoms with E-state index in [0.29, 0.717) is 12.2 Å². The Morgan fingerprint density at radius 3 is 2.76 bits per heavy atom. The zero-order valence-corrected chi connectivity index (χ0v) is 11.6. The molecule has 0 unspecified atom stereocenters. The summed E-state index contributed by atoms with van der Waals surface area (Å²) >= 11 is 0. The van der Waals surface area contributed by atoms with Crippen LogP contribution in [0.25, 0.3) is 10.9 Å². The summed E-state index contributed by atoms with van der Waals surface area (Å²) in [5.74, 6) is -0.355. The number of nitrogens with one attached hydrogen (secondary N) is 1. The van der Waals surface area contributed by atoms with Crippen LogP contribution >= 0.6 is 0 Å². The first-order chi connectivity index (χ1) is 10.2. The monoisotopic (exact) mass is 281 g/mol. The van der Waals surface area contributed by atoms with E-state index in [-0.39, 0.29) is 5.56 Å². The van der Waals surface area contributed by atoms with Crippen LogP contribution in [0.4, 0.5) is 0 Å². The molecule has 0 bridgehead atoms. The van der Waals surface area contributed by atoms with E-state index in [1.165, 1.54) is 5.39 Å². The molecule has 106 valence electrons. The SMILES string of the molecule is COc1cc(C(=O)O)ccc1Cc1c[nH]c2ccccc12. The Bertz CT molecular complexity index is 805. The van der Waals surface area contributed by atoms with Gasteiger partial charge in [-0.3, -0.25) is 0 Å². The van der Waals surface area contributed by atoms with Crippen LogP contribution in [0.2, 0.25) is 0 Å². The molecule has 2 aromatic carbocycles. The topological polar surface area (TPSA) is 62.3 Å². The third-order valence-electron chi connectivity index (χ3n) is 3.59. The molecule has 0 saturated carbocycles. The van der Waals surface area contributed by atoms with Crippen LogP contribution in [0, 0.1) is 0 Å². The second kappa shape index (κ2) is 5.32. The van der Waals surface area contributed by atoms with Gasteiger partial charge in [-0.15, -0.1) is 0 Å². The highest BCUT2D eigenvalue weighted by molar-refractivity contribution is 5.88. The van der Waals surface area contributed by atoms with Gasteiger partial charge in [0.25, 0.3) is 0 Å². The van der Waals surface area contributed by atoms with Crippen molar-refractivity contribution in [1.29, 1.82) is 0 Å². The average Bonchev–Trinajstić information content (AvgIpc) is 2.91. The second-order valence-electron chi connectivity index (χ2n) is 4.87. The van der Waals surface area contributed by atoms with Crippen LogP contribution < -0.4 is 4.74 Å². The average molecular weight is 281 g/mol. The number of para-hydroxylation sites is 1. The van der Waals surface area contributed by atoms with Gasteiger partial charge in [-0.2, -0.15) is 0 Å². The predicted molar refractivity (Wildman–Crippen MR) is 81.1 cm³/mol. The number of H-pyrrole nitrogens is 1. The first kappa shape index (κ1) is 13.2. The van der Waals surface area contributed by atoms with Gasteiger partial charge in [0.05, 0.1) is 12.7 Å². The summed E-state index contributed by atoms with van der Waals surface area (Å²) in [4.78, 5) is 14.3. The quantitative estimate of drug-likeness (QED) is 0.769. The van der Waals surface area contributed by atoms with Gasteiger partial charge >= 0.3 is 5.97 Å². The lowest BCUT2D eigenvalue weighted by molar-refractivity contribution is 0.0696. The number of aromatic nitrogens is 1. The standard InChI is InChI=1S/C17H15NO3/c1-21-16-9-12(17(19)20)7-6-11(16)8-13-10-18-15-5-3-2-4-14(13)15/h2-7,9-10,18H,8H2,1H3,(H,19,20). The minimum Gasteiger partial charge on any atom is -0.496 e. The molecule has 2 N–H and O–H groups in total. The van der Waals surface area contributed by atoms with E-state index >= 15 is 0 Å². The fraction of sp³-hybridized carbons (Fsp3) is 0.118. The number of rotatable bonds is 4. The smallest absolute Gasteiger partial charge is 0.335 e. The molecular formula is C17H15NO3. The van der Waals surface area contributed by atoms with Crippen molar-refractivity contribution in [2.75, 3.05) is 7.11 Å². The van der Waals surface area contributed by atoms with Crippen molar-refractivity contribution >= 4 is 16.9 Å². The molecule has 3 rings (SSSR count). The van der Waals surface area contributed by atoms with Crippen LogP contribution in [-0.2, 0) is 6.42 Å². The number of aromatic carboxylic acids is 1. The highest BCUT2D eigenvalue weighted by Gasteiger charge is 2.11. The number of fused-ring (bicyclic) bond motifs is 1. The molecule has 4 heteroatoms. The summed E-state index contributed by atoms with van der Waals surface area (Å²) in [6, 6.07) is 13.1. The lowest BCUT2D eigenvalue weighted by Crippen LogP contribution is -2.00.